The molecule has 2 atom stereocenters. The van der Waals surface area contributed by atoms with E-state index in [-0.39, 0.29) is 11.3 Å². The lowest BCUT2D eigenvalue weighted by Crippen LogP contribution is -2.25. The summed E-state index contributed by atoms with van der Waals surface area (Å²) in [5.74, 6) is -0.903. The van der Waals surface area contributed by atoms with Gasteiger partial charge < -0.3 is 21.1 Å². The topological polar surface area (TPSA) is 104 Å². The lowest BCUT2D eigenvalue weighted by molar-refractivity contribution is -0.121. The maximum absolute atomic E-state index is 10.6. The number of hydrogen-bond acceptors (Lipinski definition) is 4. The van der Waals surface area contributed by atoms with Gasteiger partial charge in [0.15, 0.2) is 0 Å². The Hall–Kier alpha value is -1.30. The summed E-state index contributed by atoms with van der Waals surface area (Å²) in [4.78, 5) is 10.6. The van der Waals surface area contributed by atoms with Crippen molar-refractivity contribution in [3.8, 4) is 5.75 Å². The Morgan fingerprint density at radius 3 is 2.59 bits per heavy atom. The van der Waals surface area contributed by atoms with Crippen molar-refractivity contribution in [3.63, 3.8) is 0 Å². The Labute approximate surface area is 103 Å². The molecule has 0 aliphatic rings. The van der Waals surface area contributed by atoms with Crippen LogP contribution in [-0.4, -0.2) is 27.3 Å². The van der Waals surface area contributed by atoms with Crippen LogP contribution in [0.2, 0.25) is 5.02 Å². The second-order valence-electron chi connectivity index (χ2n) is 3.84. The molecule has 0 bridgehead atoms. The first-order valence-corrected chi connectivity index (χ1v) is 5.34. The number of halogens is 1. The van der Waals surface area contributed by atoms with Crippen molar-refractivity contribution in [2.24, 2.45) is 5.73 Å². The summed E-state index contributed by atoms with van der Waals surface area (Å²) in [5.41, 5.74) is 5.45. The summed E-state index contributed by atoms with van der Waals surface area (Å²) >= 11 is 5.78. The molecule has 0 heterocycles. The fourth-order valence-electron chi connectivity index (χ4n) is 1.51. The predicted molar refractivity (Wildman–Crippen MR) is 62.6 cm³/mol. The monoisotopic (exact) mass is 259 g/mol. The molecule has 0 aromatic heterocycles. The van der Waals surface area contributed by atoms with Crippen molar-refractivity contribution < 1.29 is 20.1 Å². The number of nitrogens with two attached hydrogens (primary N) is 1. The highest BCUT2D eigenvalue weighted by molar-refractivity contribution is 6.30. The number of rotatable bonds is 4. The van der Waals surface area contributed by atoms with Crippen LogP contribution in [0.4, 0.5) is 0 Å². The summed E-state index contributed by atoms with van der Waals surface area (Å²) in [6, 6.07) is 2.85. The van der Waals surface area contributed by atoms with E-state index in [0.29, 0.717) is 10.6 Å². The molecule has 0 radical (unpaired) electrons. The number of aryl methyl sites for hydroxylation is 1. The molecule has 0 aliphatic carbocycles. The van der Waals surface area contributed by atoms with E-state index >= 15 is 0 Å². The lowest BCUT2D eigenvalue weighted by atomic mass is 9.99. The van der Waals surface area contributed by atoms with Gasteiger partial charge in [0.1, 0.15) is 11.9 Å². The van der Waals surface area contributed by atoms with Crippen molar-refractivity contribution in [1.29, 1.82) is 0 Å². The standard InChI is InChI=1S/C11H14ClNO4/c1-5-2-6(12)3-7(10(5)16)11(17)8(14)4-9(13)15/h2-3,8,11,14,16-17H,4H2,1H3,(H2,13,15). The van der Waals surface area contributed by atoms with E-state index in [2.05, 4.69) is 0 Å². The molecule has 0 aliphatic heterocycles. The number of benzene rings is 1. The van der Waals surface area contributed by atoms with E-state index in [1.807, 2.05) is 0 Å². The van der Waals surface area contributed by atoms with Crippen molar-refractivity contribution in [2.45, 2.75) is 25.6 Å². The molecule has 1 aromatic rings. The number of primary amides is 1. The quantitative estimate of drug-likeness (QED) is 0.636. The Balaban J connectivity index is 3.03. The van der Waals surface area contributed by atoms with Crippen LogP contribution in [0.5, 0.6) is 5.75 Å². The van der Waals surface area contributed by atoms with E-state index in [1.54, 1.807) is 6.92 Å². The Bertz CT molecular complexity index is 436. The molecule has 6 heteroatoms. The Morgan fingerprint density at radius 2 is 2.06 bits per heavy atom. The molecule has 2 unspecified atom stereocenters. The first-order valence-electron chi connectivity index (χ1n) is 4.96. The van der Waals surface area contributed by atoms with Crippen LogP contribution in [0.1, 0.15) is 23.7 Å². The van der Waals surface area contributed by atoms with Gasteiger partial charge in [-0.15, -0.1) is 0 Å². The molecule has 0 saturated heterocycles. The molecule has 1 rings (SSSR count). The summed E-state index contributed by atoms with van der Waals surface area (Å²) in [5, 5.41) is 29.4. The lowest BCUT2D eigenvalue weighted by Gasteiger charge is -2.19. The van der Waals surface area contributed by atoms with Crippen molar-refractivity contribution in [2.75, 3.05) is 0 Å². The van der Waals surface area contributed by atoms with Gasteiger partial charge in [-0.05, 0) is 24.6 Å². The minimum absolute atomic E-state index is 0.0729. The molecule has 1 aromatic carbocycles. The Kier molecular flexibility index (Phi) is 4.34. The fourth-order valence-corrected chi connectivity index (χ4v) is 1.79. The van der Waals surface area contributed by atoms with Gasteiger partial charge in [-0.1, -0.05) is 11.6 Å². The number of aliphatic hydroxyl groups is 2. The van der Waals surface area contributed by atoms with Gasteiger partial charge in [0.2, 0.25) is 5.91 Å². The van der Waals surface area contributed by atoms with Gasteiger partial charge in [-0.25, -0.2) is 0 Å². The van der Waals surface area contributed by atoms with Gasteiger partial charge in [0.25, 0.3) is 0 Å². The van der Waals surface area contributed by atoms with Crippen LogP contribution >= 0.6 is 11.6 Å². The summed E-state index contributed by atoms with van der Waals surface area (Å²) in [6.45, 7) is 1.61. The Morgan fingerprint density at radius 1 is 1.47 bits per heavy atom. The average Bonchev–Trinajstić information content (AvgIpc) is 2.21. The first kappa shape index (κ1) is 13.8. The third-order valence-corrected chi connectivity index (χ3v) is 2.61. The van der Waals surface area contributed by atoms with Gasteiger partial charge in [0, 0.05) is 10.6 Å². The van der Waals surface area contributed by atoms with E-state index < -0.39 is 24.5 Å². The molecule has 0 saturated carbocycles. The largest absolute Gasteiger partial charge is 0.507 e. The normalized spacial score (nSPS) is 14.4. The van der Waals surface area contributed by atoms with Crippen LogP contribution in [0.3, 0.4) is 0 Å². The number of aliphatic hydroxyl groups excluding tert-OH is 2. The summed E-state index contributed by atoms with van der Waals surface area (Å²) in [6.07, 6.45) is -3.19. The zero-order valence-electron chi connectivity index (χ0n) is 9.22. The van der Waals surface area contributed by atoms with Crippen LogP contribution < -0.4 is 5.73 Å². The molecule has 0 fully saturated rings. The van der Waals surface area contributed by atoms with Crippen LogP contribution in [0.25, 0.3) is 0 Å². The maximum Gasteiger partial charge on any atom is 0.220 e. The van der Waals surface area contributed by atoms with Crippen LogP contribution in [-0.2, 0) is 4.79 Å². The van der Waals surface area contributed by atoms with Gasteiger partial charge in [-0.3, -0.25) is 4.79 Å². The zero-order chi connectivity index (χ0) is 13.2. The molecule has 17 heavy (non-hydrogen) atoms. The van der Waals surface area contributed by atoms with Crippen LogP contribution in [0.15, 0.2) is 12.1 Å². The highest BCUT2D eigenvalue weighted by atomic mass is 35.5. The van der Waals surface area contributed by atoms with E-state index in [1.165, 1.54) is 12.1 Å². The second kappa shape index (κ2) is 5.35. The fraction of sp³-hybridized carbons (Fsp3) is 0.364. The number of aromatic hydroxyl groups is 1. The minimum Gasteiger partial charge on any atom is -0.507 e. The van der Waals surface area contributed by atoms with E-state index in [9.17, 15) is 20.1 Å². The number of phenols is 1. The number of carbonyl (C=O) groups excluding carboxylic acids is 1. The van der Waals surface area contributed by atoms with Crippen molar-refractivity contribution >= 4 is 17.5 Å². The number of hydrogen-bond donors (Lipinski definition) is 4. The summed E-state index contributed by atoms with van der Waals surface area (Å²) in [7, 11) is 0. The highest BCUT2D eigenvalue weighted by Crippen LogP contribution is 2.33. The smallest absolute Gasteiger partial charge is 0.220 e. The second-order valence-corrected chi connectivity index (χ2v) is 4.28. The molecule has 1 amide bonds. The van der Waals surface area contributed by atoms with Gasteiger partial charge >= 0.3 is 0 Å². The molecule has 5 nitrogen and oxygen atoms in total. The molecule has 94 valence electrons. The molecular weight excluding hydrogens is 246 g/mol. The van der Waals surface area contributed by atoms with Crippen molar-refractivity contribution in [3.05, 3.63) is 28.3 Å². The van der Waals surface area contributed by atoms with Crippen LogP contribution in [0, 0.1) is 6.92 Å². The zero-order valence-corrected chi connectivity index (χ0v) is 9.98. The third kappa shape index (κ3) is 3.33. The maximum atomic E-state index is 10.6. The van der Waals surface area contributed by atoms with Gasteiger partial charge in [0.05, 0.1) is 12.5 Å². The number of amides is 1. The third-order valence-electron chi connectivity index (χ3n) is 2.39. The molecule has 5 N–H and O–H groups in total. The van der Waals surface area contributed by atoms with E-state index in [4.69, 9.17) is 17.3 Å². The number of phenolic OH excluding ortho intramolecular Hbond substituents is 1. The predicted octanol–water partition coefficient (Wildman–Crippen LogP) is 0.624. The SMILES string of the molecule is Cc1cc(Cl)cc(C(O)C(O)CC(N)=O)c1O. The summed E-state index contributed by atoms with van der Waals surface area (Å²) < 4.78 is 0. The van der Waals surface area contributed by atoms with Crippen molar-refractivity contribution in [1.82, 2.24) is 0 Å². The van der Waals surface area contributed by atoms with Gasteiger partial charge in [-0.2, -0.15) is 0 Å². The highest BCUT2D eigenvalue weighted by Gasteiger charge is 2.24. The minimum atomic E-state index is -1.42. The number of carbonyl (C=O) groups is 1. The van der Waals surface area contributed by atoms with E-state index in [0.717, 1.165) is 0 Å². The molecule has 0 spiro atoms. The first-order chi connectivity index (χ1) is 7.82. The molecular formula is C11H14ClNO4. The average molecular weight is 260 g/mol.